The first-order valence-electron chi connectivity index (χ1n) is 5.65. The molecule has 0 atom stereocenters. The van der Waals surface area contributed by atoms with Crippen LogP contribution in [-0.2, 0) is 6.42 Å². The summed E-state index contributed by atoms with van der Waals surface area (Å²) in [5, 5.41) is 10.5. The van der Waals surface area contributed by atoms with Gasteiger partial charge in [0.1, 0.15) is 5.75 Å². The fourth-order valence-electron chi connectivity index (χ4n) is 1.99. The average molecular weight is 233 g/mol. The lowest BCUT2D eigenvalue weighted by Crippen LogP contribution is -2.21. The van der Waals surface area contributed by atoms with Crippen LogP contribution in [0.15, 0.2) is 24.3 Å². The normalized spacial score (nSPS) is 17.8. The number of aryl methyl sites for hydroxylation is 1. The Bertz CT molecular complexity index is 528. The molecule has 1 fully saturated rings. The predicted molar refractivity (Wildman–Crippen MR) is 68.0 cm³/mol. The van der Waals surface area contributed by atoms with E-state index in [1.807, 2.05) is 23.5 Å². The van der Waals surface area contributed by atoms with Gasteiger partial charge in [-0.25, -0.2) is 0 Å². The minimum atomic E-state index is 0.137. The largest absolute Gasteiger partial charge is 0.508 e. The van der Waals surface area contributed by atoms with Crippen molar-refractivity contribution in [3.63, 3.8) is 0 Å². The van der Waals surface area contributed by atoms with Crippen LogP contribution in [0.5, 0.6) is 5.75 Å². The highest BCUT2D eigenvalue weighted by Gasteiger charge is 2.37. The van der Waals surface area contributed by atoms with E-state index in [1.54, 1.807) is 6.07 Å². The molecule has 3 rings (SSSR count). The number of phenolic OH excluding ortho intramolecular Hbond substituents is 1. The zero-order valence-corrected chi connectivity index (χ0v) is 9.89. The number of fused-ring (bicyclic) bond motifs is 1. The monoisotopic (exact) mass is 233 g/mol. The summed E-state index contributed by atoms with van der Waals surface area (Å²) in [6.07, 6.45) is 4.51. The Morgan fingerprint density at radius 1 is 1.31 bits per heavy atom. The Morgan fingerprint density at radius 3 is 2.88 bits per heavy atom. The van der Waals surface area contributed by atoms with Gasteiger partial charge in [0.25, 0.3) is 0 Å². The van der Waals surface area contributed by atoms with Crippen molar-refractivity contribution < 1.29 is 5.11 Å². The number of benzene rings is 1. The van der Waals surface area contributed by atoms with E-state index in [-0.39, 0.29) is 5.54 Å². The third-order valence-corrected chi connectivity index (χ3v) is 4.49. The van der Waals surface area contributed by atoms with Gasteiger partial charge in [0.05, 0.1) is 0 Å². The molecular formula is C13H15NOS. The van der Waals surface area contributed by atoms with Crippen LogP contribution in [0.4, 0.5) is 0 Å². The molecule has 1 aliphatic carbocycles. The fourth-order valence-corrected chi connectivity index (χ4v) is 3.04. The van der Waals surface area contributed by atoms with E-state index in [0.29, 0.717) is 5.75 Å². The van der Waals surface area contributed by atoms with E-state index in [0.717, 1.165) is 18.2 Å². The van der Waals surface area contributed by atoms with Crippen molar-refractivity contribution in [2.75, 3.05) is 0 Å². The molecule has 0 saturated heterocycles. The molecule has 0 unspecified atom stereocenters. The summed E-state index contributed by atoms with van der Waals surface area (Å²) >= 11 is 1.81. The minimum absolute atomic E-state index is 0.137. The average Bonchev–Trinajstić information content (AvgIpc) is 2.85. The third-order valence-electron chi connectivity index (χ3n) is 3.31. The maximum Gasteiger partial charge on any atom is 0.116 e. The van der Waals surface area contributed by atoms with Gasteiger partial charge >= 0.3 is 0 Å². The van der Waals surface area contributed by atoms with Crippen molar-refractivity contribution in [1.82, 2.24) is 0 Å². The number of hydrogen-bond donors (Lipinski definition) is 2. The van der Waals surface area contributed by atoms with Crippen molar-refractivity contribution in [3.8, 4) is 5.75 Å². The molecule has 0 radical (unpaired) electrons. The van der Waals surface area contributed by atoms with Crippen LogP contribution in [0.1, 0.15) is 24.1 Å². The molecule has 1 aliphatic rings. The van der Waals surface area contributed by atoms with Crippen LogP contribution in [0, 0.1) is 0 Å². The lowest BCUT2D eigenvalue weighted by molar-refractivity contribution is 0.476. The number of aromatic hydroxyl groups is 1. The van der Waals surface area contributed by atoms with Crippen molar-refractivity contribution >= 4 is 21.4 Å². The van der Waals surface area contributed by atoms with Crippen LogP contribution in [0.25, 0.3) is 10.1 Å². The molecule has 0 amide bonds. The molecule has 1 saturated carbocycles. The van der Waals surface area contributed by atoms with Crippen molar-refractivity contribution in [1.29, 1.82) is 0 Å². The first-order valence-corrected chi connectivity index (χ1v) is 6.47. The van der Waals surface area contributed by atoms with Gasteiger partial charge in [0, 0.05) is 15.1 Å². The second-order valence-electron chi connectivity index (χ2n) is 4.80. The highest BCUT2D eigenvalue weighted by atomic mass is 32.1. The zero-order chi connectivity index (χ0) is 11.2. The maximum absolute atomic E-state index is 9.39. The Balaban J connectivity index is 1.82. The van der Waals surface area contributed by atoms with Gasteiger partial charge < -0.3 is 10.8 Å². The summed E-state index contributed by atoms with van der Waals surface area (Å²) in [6.45, 7) is 0. The van der Waals surface area contributed by atoms with E-state index in [9.17, 15) is 5.11 Å². The number of phenols is 1. The Hall–Kier alpha value is -1.06. The Kier molecular flexibility index (Phi) is 2.19. The first kappa shape index (κ1) is 10.1. The van der Waals surface area contributed by atoms with Crippen molar-refractivity contribution in [2.24, 2.45) is 5.73 Å². The number of nitrogens with two attached hydrogens (primary N) is 1. The summed E-state index contributed by atoms with van der Waals surface area (Å²) in [6, 6.07) is 7.72. The molecule has 16 heavy (non-hydrogen) atoms. The number of thiophene rings is 1. The third kappa shape index (κ3) is 1.93. The van der Waals surface area contributed by atoms with Gasteiger partial charge in [-0.1, -0.05) is 0 Å². The summed E-state index contributed by atoms with van der Waals surface area (Å²) in [5.74, 6) is 0.342. The summed E-state index contributed by atoms with van der Waals surface area (Å²) in [5.41, 5.74) is 6.21. The highest BCUT2D eigenvalue weighted by molar-refractivity contribution is 7.19. The molecular weight excluding hydrogens is 218 g/mol. The molecule has 3 heteroatoms. The Labute approximate surface area is 98.7 Å². The quantitative estimate of drug-likeness (QED) is 0.856. The van der Waals surface area contributed by atoms with E-state index >= 15 is 0 Å². The van der Waals surface area contributed by atoms with Crippen molar-refractivity contribution in [3.05, 3.63) is 29.1 Å². The van der Waals surface area contributed by atoms with Crippen LogP contribution in [0.2, 0.25) is 0 Å². The van der Waals surface area contributed by atoms with E-state index < -0.39 is 0 Å². The summed E-state index contributed by atoms with van der Waals surface area (Å²) < 4.78 is 1.25. The molecule has 0 spiro atoms. The molecule has 1 aromatic heterocycles. The molecule has 0 bridgehead atoms. The molecule has 3 N–H and O–H groups in total. The lowest BCUT2D eigenvalue weighted by atomic mass is 10.1. The Morgan fingerprint density at radius 2 is 2.12 bits per heavy atom. The van der Waals surface area contributed by atoms with Gasteiger partial charge in [0.2, 0.25) is 0 Å². The predicted octanol–water partition coefficient (Wildman–Crippen LogP) is 3.03. The zero-order valence-electron chi connectivity index (χ0n) is 9.07. The highest BCUT2D eigenvalue weighted by Crippen LogP contribution is 2.38. The van der Waals surface area contributed by atoms with Gasteiger partial charge in [-0.2, -0.15) is 0 Å². The van der Waals surface area contributed by atoms with Gasteiger partial charge in [-0.15, -0.1) is 11.3 Å². The maximum atomic E-state index is 9.39. The molecule has 1 heterocycles. The standard InChI is InChI=1S/C13H15NOS/c14-13(5-6-13)4-3-11-8-9-7-10(15)1-2-12(9)16-11/h1-2,7-8,15H,3-6,14H2. The second kappa shape index (κ2) is 3.47. The fraction of sp³-hybridized carbons (Fsp3) is 0.385. The second-order valence-corrected chi connectivity index (χ2v) is 5.97. The summed E-state index contributed by atoms with van der Waals surface area (Å²) in [7, 11) is 0. The van der Waals surface area contributed by atoms with Gasteiger partial charge in [-0.05, 0) is 55.3 Å². The van der Waals surface area contributed by atoms with Gasteiger partial charge in [-0.3, -0.25) is 0 Å². The first-order chi connectivity index (χ1) is 7.65. The van der Waals surface area contributed by atoms with Crippen LogP contribution in [0.3, 0.4) is 0 Å². The SMILES string of the molecule is NC1(CCc2cc3cc(O)ccc3s2)CC1. The van der Waals surface area contributed by atoms with Crippen LogP contribution < -0.4 is 5.73 Å². The number of rotatable bonds is 3. The molecule has 2 aromatic rings. The molecule has 0 aliphatic heterocycles. The number of hydrogen-bond acceptors (Lipinski definition) is 3. The molecule has 2 nitrogen and oxygen atoms in total. The minimum Gasteiger partial charge on any atom is -0.508 e. The van der Waals surface area contributed by atoms with Crippen LogP contribution >= 0.6 is 11.3 Å². The van der Waals surface area contributed by atoms with E-state index in [4.69, 9.17) is 5.73 Å². The van der Waals surface area contributed by atoms with E-state index in [2.05, 4.69) is 6.07 Å². The van der Waals surface area contributed by atoms with Crippen LogP contribution in [-0.4, -0.2) is 10.6 Å². The van der Waals surface area contributed by atoms with E-state index in [1.165, 1.54) is 22.4 Å². The topological polar surface area (TPSA) is 46.2 Å². The molecule has 84 valence electrons. The molecule has 1 aromatic carbocycles. The summed E-state index contributed by atoms with van der Waals surface area (Å²) in [4.78, 5) is 1.37. The lowest BCUT2D eigenvalue weighted by Gasteiger charge is -2.05. The van der Waals surface area contributed by atoms with Crippen molar-refractivity contribution in [2.45, 2.75) is 31.2 Å². The van der Waals surface area contributed by atoms with Gasteiger partial charge in [0.15, 0.2) is 0 Å². The smallest absolute Gasteiger partial charge is 0.116 e.